The Kier molecular flexibility index (Phi) is 9.28. The topological polar surface area (TPSA) is 40.5 Å². The third kappa shape index (κ3) is 6.48. The predicted molar refractivity (Wildman–Crippen MR) is 84.4 cm³/mol. The summed E-state index contributed by atoms with van der Waals surface area (Å²) in [6.45, 7) is 8.26. The van der Waals surface area contributed by atoms with E-state index < -0.39 is 0 Å². The summed E-state index contributed by atoms with van der Waals surface area (Å²) in [5.41, 5.74) is 2.03. The van der Waals surface area contributed by atoms with E-state index in [4.69, 9.17) is 0 Å². The molecule has 0 aliphatic rings. The molecule has 2 nitrogen and oxygen atoms in total. The van der Waals surface area contributed by atoms with E-state index in [9.17, 15) is 10.2 Å². The summed E-state index contributed by atoms with van der Waals surface area (Å²) >= 11 is 0. The largest absolute Gasteiger partial charge is 0.508 e. The number of hydrogen-bond acceptors (Lipinski definition) is 2. The number of phenolic OH excluding ortho intramolecular Hbond substituents is 2. The molecule has 112 valence electrons. The summed E-state index contributed by atoms with van der Waals surface area (Å²) in [6, 6.07) is 14.9. The normalized spacial score (nSPS) is 9.81. The van der Waals surface area contributed by atoms with Crippen LogP contribution in [0.25, 0.3) is 0 Å². The Morgan fingerprint density at radius 3 is 1.10 bits per heavy atom. The molecule has 0 bridgehead atoms. The Hall–Kier alpha value is -1.08. The minimum Gasteiger partial charge on any atom is -0.508 e. The van der Waals surface area contributed by atoms with Gasteiger partial charge in [0.15, 0.2) is 0 Å². The van der Waals surface area contributed by atoms with Crippen molar-refractivity contribution in [3.63, 3.8) is 0 Å². The summed E-state index contributed by atoms with van der Waals surface area (Å²) < 4.78 is 0. The van der Waals surface area contributed by atoms with Crippen molar-refractivity contribution in [2.45, 2.75) is 39.5 Å². The van der Waals surface area contributed by atoms with E-state index in [1.807, 2.05) is 36.4 Å². The number of rotatable bonds is 2. The SMILES string of the molecule is CC(C)c1ccccc1O.CC(C)c1ccccc1O.[Zr]. The van der Waals surface area contributed by atoms with E-state index in [-0.39, 0.29) is 26.2 Å². The minimum atomic E-state index is 0. The van der Waals surface area contributed by atoms with Gasteiger partial charge in [-0.1, -0.05) is 64.1 Å². The molecular formula is C18H24O2Zr. The van der Waals surface area contributed by atoms with Gasteiger partial charge in [-0.25, -0.2) is 0 Å². The van der Waals surface area contributed by atoms with Gasteiger partial charge in [0.2, 0.25) is 0 Å². The molecule has 2 rings (SSSR count). The van der Waals surface area contributed by atoms with Gasteiger partial charge in [-0.15, -0.1) is 0 Å². The average molecular weight is 364 g/mol. The fourth-order valence-corrected chi connectivity index (χ4v) is 1.95. The van der Waals surface area contributed by atoms with Crippen LogP contribution in [0.3, 0.4) is 0 Å². The summed E-state index contributed by atoms with van der Waals surface area (Å²) in [5, 5.41) is 18.6. The molecule has 0 radical (unpaired) electrons. The first-order valence-corrected chi connectivity index (χ1v) is 6.99. The molecule has 0 amide bonds. The van der Waals surface area contributed by atoms with Gasteiger partial charge in [-0.2, -0.15) is 0 Å². The molecule has 0 saturated heterocycles. The first-order chi connectivity index (χ1) is 9.43. The molecule has 2 aromatic rings. The maximum absolute atomic E-state index is 9.28. The van der Waals surface area contributed by atoms with Crippen LogP contribution in [0.1, 0.15) is 50.7 Å². The van der Waals surface area contributed by atoms with Gasteiger partial charge in [0.25, 0.3) is 0 Å². The Labute approximate surface area is 147 Å². The number of para-hydroxylation sites is 2. The van der Waals surface area contributed by atoms with Crippen LogP contribution in [0.4, 0.5) is 0 Å². The Bertz CT molecular complexity index is 487. The number of phenols is 2. The van der Waals surface area contributed by atoms with Crippen molar-refractivity contribution in [1.29, 1.82) is 0 Å². The van der Waals surface area contributed by atoms with E-state index in [0.717, 1.165) is 11.1 Å². The summed E-state index contributed by atoms with van der Waals surface area (Å²) in [5.74, 6) is 1.61. The molecule has 0 fully saturated rings. The van der Waals surface area contributed by atoms with E-state index in [1.54, 1.807) is 12.1 Å². The summed E-state index contributed by atoms with van der Waals surface area (Å²) in [4.78, 5) is 0. The fraction of sp³-hybridized carbons (Fsp3) is 0.333. The molecule has 0 aromatic heterocycles. The number of benzene rings is 2. The van der Waals surface area contributed by atoms with E-state index in [2.05, 4.69) is 27.7 Å². The average Bonchev–Trinajstić information content (AvgIpc) is 2.40. The van der Waals surface area contributed by atoms with Gasteiger partial charge in [0, 0.05) is 26.2 Å². The van der Waals surface area contributed by atoms with Gasteiger partial charge in [0.05, 0.1) is 0 Å². The van der Waals surface area contributed by atoms with Crippen molar-refractivity contribution in [1.82, 2.24) is 0 Å². The van der Waals surface area contributed by atoms with Crippen LogP contribution in [0, 0.1) is 0 Å². The zero-order valence-corrected chi connectivity index (χ0v) is 15.6. The standard InChI is InChI=1S/2C9H12O.Zr/c2*1-7(2)8-5-3-4-6-9(8)10;/h2*3-7,10H,1-2H3;. The molecule has 2 aromatic carbocycles. The van der Waals surface area contributed by atoms with Crippen LogP contribution >= 0.6 is 0 Å². The summed E-state index contributed by atoms with van der Waals surface area (Å²) in [7, 11) is 0. The van der Waals surface area contributed by atoms with Crippen molar-refractivity contribution >= 4 is 0 Å². The van der Waals surface area contributed by atoms with Gasteiger partial charge >= 0.3 is 0 Å². The minimum absolute atomic E-state index is 0. The maximum atomic E-state index is 9.28. The summed E-state index contributed by atoms with van der Waals surface area (Å²) in [6.07, 6.45) is 0. The molecule has 0 heterocycles. The Morgan fingerprint density at radius 2 is 0.905 bits per heavy atom. The Morgan fingerprint density at radius 1 is 0.619 bits per heavy atom. The number of aromatic hydroxyl groups is 2. The molecule has 0 aliphatic heterocycles. The second kappa shape index (κ2) is 9.79. The van der Waals surface area contributed by atoms with Crippen LogP contribution < -0.4 is 0 Å². The monoisotopic (exact) mass is 362 g/mol. The van der Waals surface area contributed by atoms with Gasteiger partial charge in [-0.3, -0.25) is 0 Å². The second-order valence-electron chi connectivity index (χ2n) is 5.43. The van der Waals surface area contributed by atoms with Gasteiger partial charge < -0.3 is 10.2 Å². The first-order valence-electron chi connectivity index (χ1n) is 6.99. The molecule has 0 aliphatic carbocycles. The molecule has 0 spiro atoms. The third-order valence-electron chi connectivity index (χ3n) is 3.12. The predicted octanol–water partition coefficient (Wildman–Crippen LogP) is 5.03. The van der Waals surface area contributed by atoms with Crippen LogP contribution in [0.5, 0.6) is 11.5 Å². The van der Waals surface area contributed by atoms with Gasteiger partial charge in [-0.05, 0) is 35.1 Å². The van der Waals surface area contributed by atoms with Crippen molar-refractivity contribution in [2.75, 3.05) is 0 Å². The van der Waals surface area contributed by atoms with E-state index >= 15 is 0 Å². The molecule has 0 saturated carbocycles. The van der Waals surface area contributed by atoms with Crippen molar-refractivity contribution < 1.29 is 36.4 Å². The smallest absolute Gasteiger partial charge is 0.119 e. The molecular weight excluding hydrogens is 339 g/mol. The molecule has 21 heavy (non-hydrogen) atoms. The van der Waals surface area contributed by atoms with Gasteiger partial charge in [0.1, 0.15) is 11.5 Å². The zero-order chi connectivity index (χ0) is 15.1. The number of hydrogen-bond donors (Lipinski definition) is 2. The van der Waals surface area contributed by atoms with Crippen LogP contribution in [-0.4, -0.2) is 10.2 Å². The fourth-order valence-electron chi connectivity index (χ4n) is 1.95. The van der Waals surface area contributed by atoms with E-state index in [0.29, 0.717) is 23.3 Å². The first kappa shape index (κ1) is 19.9. The molecule has 0 atom stereocenters. The van der Waals surface area contributed by atoms with Crippen LogP contribution in [-0.2, 0) is 26.2 Å². The second-order valence-corrected chi connectivity index (χ2v) is 5.43. The molecule has 3 heteroatoms. The Balaban J connectivity index is 0.000000364. The third-order valence-corrected chi connectivity index (χ3v) is 3.12. The maximum Gasteiger partial charge on any atom is 0.119 e. The molecule has 0 unspecified atom stereocenters. The zero-order valence-electron chi connectivity index (χ0n) is 13.2. The van der Waals surface area contributed by atoms with E-state index in [1.165, 1.54) is 0 Å². The quantitative estimate of drug-likeness (QED) is 0.786. The van der Waals surface area contributed by atoms with Crippen molar-refractivity contribution in [2.24, 2.45) is 0 Å². The van der Waals surface area contributed by atoms with Crippen LogP contribution in [0.15, 0.2) is 48.5 Å². The molecule has 2 N–H and O–H groups in total. The van der Waals surface area contributed by atoms with Crippen molar-refractivity contribution in [3.8, 4) is 11.5 Å². The van der Waals surface area contributed by atoms with Crippen molar-refractivity contribution in [3.05, 3.63) is 59.7 Å². The van der Waals surface area contributed by atoms with Crippen LogP contribution in [0.2, 0.25) is 0 Å².